The van der Waals surface area contributed by atoms with E-state index in [9.17, 15) is 0 Å². The van der Waals surface area contributed by atoms with Crippen LogP contribution in [0.15, 0.2) is 20.5 Å². The molecule has 0 bridgehead atoms. The van der Waals surface area contributed by atoms with Crippen molar-refractivity contribution in [3.05, 3.63) is 26.1 Å². The molecular formula is C13H18Br2Cl2N6S. The van der Waals surface area contributed by atoms with Crippen LogP contribution in [0.3, 0.4) is 0 Å². The molecule has 24 heavy (non-hydrogen) atoms. The molecule has 0 aliphatic heterocycles. The molecule has 0 aliphatic rings. The zero-order valence-corrected chi connectivity index (χ0v) is 18.7. The Kier molecular flexibility index (Phi) is 8.34. The van der Waals surface area contributed by atoms with Gasteiger partial charge in [0.1, 0.15) is 0 Å². The summed E-state index contributed by atoms with van der Waals surface area (Å²) in [5.41, 5.74) is 2.10. The quantitative estimate of drug-likeness (QED) is 0.461. The highest BCUT2D eigenvalue weighted by molar-refractivity contribution is 9.13. The fourth-order valence-corrected chi connectivity index (χ4v) is 4.46. The van der Waals surface area contributed by atoms with Crippen LogP contribution in [0, 0.1) is 6.92 Å². The summed E-state index contributed by atoms with van der Waals surface area (Å²) in [5, 5.41) is 11.7. The van der Waals surface area contributed by atoms with Crippen molar-refractivity contribution < 1.29 is 0 Å². The van der Waals surface area contributed by atoms with Gasteiger partial charge in [-0.15, -0.1) is 36.2 Å². The van der Waals surface area contributed by atoms with Crippen LogP contribution in [0.5, 0.6) is 0 Å². The maximum atomic E-state index is 4.39. The molecule has 3 heterocycles. The normalized spacial score (nSPS) is 10.3. The zero-order valence-electron chi connectivity index (χ0n) is 13.0. The Hall–Kier alpha value is -0.480. The summed E-state index contributed by atoms with van der Waals surface area (Å²) in [7, 11) is 2.12. The second-order valence-electron chi connectivity index (χ2n) is 5.00. The molecule has 0 atom stereocenters. The van der Waals surface area contributed by atoms with Crippen molar-refractivity contribution in [1.29, 1.82) is 0 Å². The van der Waals surface area contributed by atoms with Crippen molar-refractivity contribution in [3.63, 3.8) is 0 Å². The Labute approximate surface area is 173 Å². The largest absolute Gasteiger partial charge is 0.366 e. The van der Waals surface area contributed by atoms with E-state index < -0.39 is 0 Å². The third-order valence-corrected chi connectivity index (χ3v) is 7.24. The SMILES string of the molecule is Cc1c(N(C)CCCNc2nc3ccnn3[nH]2)sc(Br)c1Br.Cl.Cl. The van der Waals surface area contributed by atoms with Gasteiger partial charge in [-0.1, -0.05) is 0 Å². The van der Waals surface area contributed by atoms with E-state index >= 15 is 0 Å². The van der Waals surface area contributed by atoms with Gasteiger partial charge in [0.15, 0.2) is 5.65 Å². The van der Waals surface area contributed by atoms with E-state index in [4.69, 9.17) is 0 Å². The first kappa shape index (κ1) is 21.6. The molecule has 0 aromatic carbocycles. The Morgan fingerprint density at radius 1 is 1.38 bits per heavy atom. The first-order valence-corrected chi connectivity index (χ1v) is 9.25. The van der Waals surface area contributed by atoms with Gasteiger partial charge in [0.05, 0.1) is 15.0 Å². The molecule has 0 aliphatic carbocycles. The average Bonchev–Trinajstić information content (AvgIpc) is 3.13. The topological polar surface area (TPSA) is 61.2 Å². The van der Waals surface area contributed by atoms with Crippen LogP contribution in [-0.2, 0) is 0 Å². The third kappa shape index (κ3) is 4.57. The van der Waals surface area contributed by atoms with Crippen LogP contribution < -0.4 is 10.2 Å². The van der Waals surface area contributed by atoms with Gasteiger partial charge in [0.25, 0.3) is 0 Å². The van der Waals surface area contributed by atoms with Gasteiger partial charge in [0, 0.05) is 30.7 Å². The number of hydrogen-bond donors (Lipinski definition) is 2. The highest BCUT2D eigenvalue weighted by Crippen LogP contribution is 2.41. The number of anilines is 2. The second kappa shape index (κ2) is 9.28. The number of halogens is 4. The van der Waals surface area contributed by atoms with E-state index in [0.717, 1.165) is 39.4 Å². The maximum absolute atomic E-state index is 4.39. The van der Waals surface area contributed by atoms with Crippen LogP contribution in [0.25, 0.3) is 5.65 Å². The van der Waals surface area contributed by atoms with Crippen molar-refractivity contribution in [1.82, 2.24) is 19.8 Å². The molecule has 0 radical (unpaired) electrons. The molecule has 2 N–H and O–H groups in total. The van der Waals surface area contributed by atoms with Crippen molar-refractivity contribution in [3.8, 4) is 0 Å². The van der Waals surface area contributed by atoms with Gasteiger partial charge in [-0.3, -0.25) is 0 Å². The van der Waals surface area contributed by atoms with Gasteiger partial charge in [0.2, 0.25) is 5.95 Å². The van der Waals surface area contributed by atoms with Crippen LogP contribution in [0.2, 0.25) is 0 Å². The standard InChI is InChI=1S/C13H16Br2N6S.2ClH/c1-8-10(14)11(15)22-12(8)20(2)7-3-5-16-13-18-9-4-6-17-21(9)19-13;;/h4,6H,3,5,7H2,1-2H3,(H2,16,18,19);2*1H. The van der Waals surface area contributed by atoms with Crippen LogP contribution in [-0.4, -0.2) is 39.9 Å². The molecule has 3 aromatic heterocycles. The molecule has 3 rings (SSSR count). The minimum absolute atomic E-state index is 0. The molecule has 0 amide bonds. The summed E-state index contributed by atoms with van der Waals surface area (Å²) in [6.45, 7) is 3.97. The fourth-order valence-electron chi connectivity index (χ4n) is 2.22. The van der Waals surface area contributed by atoms with E-state index in [1.807, 2.05) is 6.07 Å². The highest BCUT2D eigenvalue weighted by atomic mass is 79.9. The molecule has 3 aromatic rings. The number of rotatable bonds is 6. The number of aromatic nitrogens is 4. The van der Waals surface area contributed by atoms with Crippen molar-refractivity contribution >= 4 is 84.6 Å². The molecule has 0 spiro atoms. The lowest BCUT2D eigenvalue weighted by Gasteiger charge is -2.18. The van der Waals surface area contributed by atoms with Gasteiger partial charge in [-0.05, 0) is 50.8 Å². The number of nitrogens with one attached hydrogen (secondary N) is 2. The maximum Gasteiger partial charge on any atom is 0.218 e. The summed E-state index contributed by atoms with van der Waals surface area (Å²) in [4.78, 5) is 6.67. The fraction of sp³-hybridized carbons (Fsp3) is 0.385. The Bertz CT molecular complexity index is 758. The molecular weight excluding hydrogens is 503 g/mol. The average molecular weight is 521 g/mol. The third-order valence-electron chi connectivity index (χ3n) is 3.38. The Balaban J connectivity index is 0.00000144. The van der Waals surface area contributed by atoms with E-state index in [2.05, 4.69) is 71.2 Å². The van der Waals surface area contributed by atoms with E-state index in [1.54, 1.807) is 22.2 Å². The Morgan fingerprint density at radius 3 is 2.75 bits per heavy atom. The number of aromatic amines is 1. The predicted molar refractivity (Wildman–Crippen MR) is 113 cm³/mol. The minimum Gasteiger partial charge on any atom is -0.366 e. The zero-order chi connectivity index (χ0) is 15.7. The molecule has 0 saturated carbocycles. The van der Waals surface area contributed by atoms with Gasteiger partial charge < -0.3 is 10.2 Å². The van der Waals surface area contributed by atoms with Gasteiger partial charge in [-0.25, -0.2) is 5.10 Å². The van der Waals surface area contributed by atoms with Crippen molar-refractivity contribution in [2.45, 2.75) is 13.3 Å². The van der Waals surface area contributed by atoms with Gasteiger partial charge >= 0.3 is 0 Å². The number of nitrogens with zero attached hydrogens (tertiary/aromatic N) is 4. The lowest BCUT2D eigenvalue weighted by molar-refractivity contribution is 0.797. The highest BCUT2D eigenvalue weighted by Gasteiger charge is 2.14. The molecule has 0 fully saturated rings. The summed E-state index contributed by atoms with van der Waals surface area (Å²) < 4.78 is 3.94. The van der Waals surface area contributed by atoms with E-state index in [-0.39, 0.29) is 24.8 Å². The molecule has 11 heteroatoms. The lowest BCUT2D eigenvalue weighted by Crippen LogP contribution is -2.20. The summed E-state index contributed by atoms with van der Waals surface area (Å²) in [6.07, 6.45) is 2.74. The van der Waals surface area contributed by atoms with Crippen LogP contribution >= 0.6 is 68.0 Å². The monoisotopic (exact) mass is 518 g/mol. The second-order valence-corrected chi connectivity index (χ2v) is 8.11. The smallest absolute Gasteiger partial charge is 0.218 e. The number of thiophene rings is 1. The van der Waals surface area contributed by atoms with Crippen molar-refractivity contribution in [2.24, 2.45) is 0 Å². The van der Waals surface area contributed by atoms with Crippen LogP contribution in [0.4, 0.5) is 10.9 Å². The Morgan fingerprint density at radius 2 is 2.12 bits per heavy atom. The number of H-pyrrole nitrogens is 1. The molecule has 134 valence electrons. The number of hydrogen-bond acceptors (Lipinski definition) is 5. The number of fused-ring (bicyclic) bond motifs is 1. The summed E-state index contributed by atoms with van der Waals surface area (Å²) in [6, 6.07) is 1.87. The lowest BCUT2D eigenvalue weighted by atomic mass is 10.3. The molecule has 6 nitrogen and oxygen atoms in total. The first-order chi connectivity index (χ1) is 10.6. The first-order valence-electron chi connectivity index (χ1n) is 6.85. The van der Waals surface area contributed by atoms with Crippen molar-refractivity contribution in [2.75, 3.05) is 30.4 Å². The predicted octanol–water partition coefficient (Wildman–Crippen LogP) is 4.73. The van der Waals surface area contributed by atoms with E-state index in [0.29, 0.717) is 0 Å². The molecule has 0 unspecified atom stereocenters. The molecule has 0 saturated heterocycles. The van der Waals surface area contributed by atoms with Gasteiger partial charge in [-0.2, -0.15) is 14.7 Å². The summed E-state index contributed by atoms with van der Waals surface area (Å²) >= 11 is 8.92. The van der Waals surface area contributed by atoms with E-state index in [1.165, 1.54) is 10.6 Å². The van der Waals surface area contributed by atoms with Crippen LogP contribution in [0.1, 0.15) is 12.0 Å². The minimum atomic E-state index is 0. The summed E-state index contributed by atoms with van der Waals surface area (Å²) in [5.74, 6) is 0.753.